The molecule has 2 fully saturated rings. The second-order valence-corrected chi connectivity index (χ2v) is 12.0. The molecule has 4 heterocycles. The Labute approximate surface area is 259 Å². The van der Waals surface area contributed by atoms with Gasteiger partial charge in [-0.2, -0.15) is 13.2 Å². The van der Waals surface area contributed by atoms with Gasteiger partial charge in [0.05, 0.1) is 22.3 Å². The smallest absolute Gasteiger partial charge is 0.352 e. The van der Waals surface area contributed by atoms with Crippen molar-refractivity contribution in [3.8, 4) is 22.8 Å². The Kier molecular flexibility index (Phi) is 7.71. The van der Waals surface area contributed by atoms with Gasteiger partial charge in [-0.3, -0.25) is 0 Å². The van der Waals surface area contributed by atoms with Crippen LogP contribution in [0.2, 0.25) is 0 Å². The zero-order chi connectivity index (χ0) is 31.1. The van der Waals surface area contributed by atoms with Crippen LogP contribution in [0.5, 0.6) is 0 Å². The number of anilines is 1. The number of fused-ring (bicyclic) bond motifs is 1. The predicted octanol–water partition coefficient (Wildman–Crippen LogP) is 7.95. The standard InChI is InChI=1S/C34H35F3N8/c1-3-17-44(18-21-10-12-23(13-11-21)32-41-27(34(35,36)37)19-45(32)24-7-5-8-24)33-25-9-6-16-38-30(25)42-31(43-33)28-26(4-2)39-20-40-29(28)22-14-15-22/h6,9-13,16,19-20,22,24H,3-5,7-8,14-15,17-18H2,1-2H3. The van der Waals surface area contributed by atoms with Gasteiger partial charge in [-0.05, 0) is 62.6 Å². The van der Waals surface area contributed by atoms with E-state index >= 15 is 0 Å². The first kappa shape index (κ1) is 29.3. The van der Waals surface area contributed by atoms with Crippen LogP contribution in [0.4, 0.5) is 19.0 Å². The molecule has 0 amide bonds. The van der Waals surface area contributed by atoms with E-state index in [1.165, 1.54) is 0 Å². The molecule has 0 saturated heterocycles. The second kappa shape index (κ2) is 11.8. The molecule has 4 aromatic heterocycles. The number of hydrogen-bond donors (Lipinski definition) is 0. The molecule has 0 bridgehead atoms. The van der Waals surface area contributed by atoms with Crippen molar-refractivity contribution in [2.75, 3.05) is 11.4 Å². The van der Waals surface area contributed by atoms with E-state index in [4.69, 9.17) is 9.97 Å². The average molecular weight is 613 g/mol. The number of alkyl halides is 3. The quantitative estimate of drug-likeness (QED) is 0.158. The van der Waals surface area contributed by atoms with E-state index in [1.54, 1.807) is 17.1 Å². The highest BCUT2D eigenvalue weighted by atomic mass is 19.4. The molecule has 5 aromatic rings. The summed E-state index contributed by atoms with van der Waals surface area (Å²) in [5, 5.41) is 0.858. The van der Waals surface area contributed by atoms with E-state index in [2.05, 4.69) is 38.7 Å². The van der Waals surface area contributed by atoms with E-state index in [1.807, 2.05) is 36.4 Å². The minimum Gasteiger partial charge on any atom is -0.352 e. The maximum Gasteiger partial charge on any atom is 0.434 e. The fourth-order valence-corrected chi connectivity index (χ4v) is 6.11. The number of aryl methyl sites for hydroxylation is 1. The maximum absolute atomic E-state index is 13.6. The molecule has 0 radical (unpaired) electrons. The first-order valence-electron chi connectivity index (χ1n) is 15.8. The summed E-state index contributed by atoms with van der Waals surface area (Å²) in [7, 11) is 0. The predicted molar refractivity (Wildman–Crippen MR) is 167 cm³/mol. The summed E-state index contributed by atoms with van der Waals surface area (Å²) in [6.45, 7) is 5.51. The molecule has 2 aliphatic carbocycles. The zero-order valence-electron chi connectivity index (χ0n) is 25.4. The lowest BCUT2D eigenvalue weighted by Gasteiger charge is -2.28. The van der Waals surface area contributed by atoms with Gasteiger partial charge in [-0.1, -0.05) is 38.1 Å². The summed E-state index contributed by atoms with van der Waals surface area (Å²) in [5.41, 5.74) is 4.31. The van der Waals surface area contributed by atoms with Crippen LogP contribution in [-0.4, -0.2) is 41.0 Å². The molecule has 232 valence electrons. The largest absolute Gasteiger partial charge is 0.434 e. The second-order valence-electron chi connectivity index (χ2n) is 12.0. The normalized spacial score (nSPS) is 15.4. The Bertz CT molecular complexity index is 1820. The zero-order valence-corrected chi connectivity index (χ0v) is 25.4. The minimum atomic E-state index is -4.48. The summed E-state index contributed by atoms with van der Waals surface area (Å²) in [6, 6.07) is 11.6. The summed E-state index contributed by atoms with van der Waals surface area (Å²) in [5.74, 6) is 2.15. The van der Waals surface area contributed by atoms with Gasteiger partial charge in [0, 0.05) is 43.0 Å². The van der Waals surface area contributed by atoms with Crippen LogP contribution in [0.15, 0.2) is 55.1 Å². The third-order valence-corrected chi connectivity index (χ3v) is 8.80. The van der Waals surface area contributed by atoms with E-state index in [-0.39, 0.29) is 6.04 Å². The third-order valence-electron chi connectivity index (χ3n) is 8.80. The number of halogens is 3. The van der Waals surface area contributed by atoms with Gasteiger partial charge < -0.3 is 9.47 Å². The number of rotatable bonds is 10. The number of aromatic nitrogens is 7. The Hall–Kier alpha value is -4.41. The minimum absolute atomic E-state index is 0.0563. The highest BCUT2D eigenvalue weighted by Gasteiger charge is 2.36. The van der Waals surface area contributed by atoms with Crippen LogP contribution in [0.3, 0.4) is 0 Å². The summed E-state index contributed by atoms with van der Waals surface area (Å²) in [6.07, 6.45) is 6.65. The number of nitrogens with zero attached hydrogens (tertiary/aromatic N) is 8. The van der Waals surface area contributed by atoms with Gasteiger partial charge >= 0.3 is 6.18 Å². The fraction of sp³-hybridized carbons (Fsp3) is 0.412. The average Bonchev–Trinajstić information content (AvgIpc) is 3.77. The van der Waals surface area contributed by atoms with Crippen molar-refractivity contribution in [3.05, 3.63) is 77.8 Å². The van der Waals surface area contributed by atoms with Crippen molar-refractivity contribution in [2.24, 2.45) is 0 Å². The van der Waals surface area contributed by atoms with E-state index < -0.39 is 11.9 Å². The van der Waals surface area contributed by atoms with Crippen molar-refractivity contribution in [2.45, 2.75) is 83.5 Å². The SMILES string of the molecule is CCCN(Cc1ccc(-c2nc(C(F)(F)F)cn2C2CCC2)cc1)c1nc(-c2c(CC)ncnc2C2CC2)nc2ncccc12. The number of imidazole rings is 1. The summed E-state index contributed by atoms with van der Waals surface area (Å²) in [4.78, 5) is 30.2. The molecule has 11 heteroatoms. The molecule has 0 spiro atoms. The molecular weight excluding hydrogens is 577 g/mol. The monoisotopic (exact) mass is 612 g/mol. The Morgan fingerprint density at radius 1 is 0.933 bits per heavy atom. The molecule has 0 aliphatic heterocycles. The number of hydrogen-bond acceptors (Lipinski definition) is 7. The maximum atomic E-state index is 13.6. The van der Waals surface area contributed by atoms with E-state index in [0.717, 1.165) is 91.4 Å². The molecule has 0 unspecified atom stereocenters. The third kappa shape index (κ3) is 5.76. The van der Waals surface area contributed by atoms with Crippen LogP contribution in [0, 0.1) is 0 Å². The molecule has 8 nitrogen and oxygen atoms in total. The Morgan fingerprint density at radius 3 is 2.40 bits per heavy atom. The number of pyridine rings is 1. The summed E-state index contributed by atoms with van der Waals surface area (Å²) < 4.78 is 42.4. The van der Waals surface area contributed by atoms with Crippen LogP contribution < -0.4 is 4.90 Å². The van der Waals surface area contributed by atoms with Crippen LogP contribution >= 0.6 is 0 Å². The fourth-order valence-electron chi connectivity index (χ4n) is 6.11. The van der Waals surface area contributed by atoms with Gasteiger partial charge in [0.1, 0.15) is 18.0 Å². The topological polar surface area (TPSA) is 85.5 Å². The van der Waals surface area contributed by atoms with Gasteiger partial charge in [-0.25, -0.2) is 29.9 Å². The van der Waals surface area contributed by atoms with Gasteiger partial charge in [-0.15, -0.1) is 0 Å². The Balaban J connectivity index is 1.25. The molecule has 1 aromatic carbocycles. The molecule has 2 saturated carbocycles. The molecule has 45 heavy (non-hydrogen) atoms. The lowest BCUT2D eigenvalue weighted by Crippen LogP contribution is -2.25. The van der Waals surface area contributed by atoms with Crippen molar-refractivity contribution in [1.82, 2.24) is 34.5 Å². The molecule has 2 aliphatic rings. The van der Waals surface area contributed by atoms with Gasteiger partial charge in [0.2, 0.25) is 0 Å². The molecule has 0 N–H and O–H groups in total. The molecule has 7 rings (SSSR count). The van der Waals surface area contributed by atoms with Crippen LogP contribution in [-0.2, 0) is 19.1 Å². The highest BCUT2D eigenvalue weighted by molar-refractivity contribution is 5.89. The lowest BCUT2D eigenvalue weighted by atomic mass is 9.92. The van der Waals surface area contributed by atoms with Gasteiger partial charge in [0.15, 0.2) is 17.2 Å². The van der Waals surface area contributed by atoms with Crippen molar-refractivity contribution in [1.29, 1.82) is 0 Å². The van der Waals surface area contributed by atoms with Crippen molar-refractivity contribution < 1.29 is 13.2 Å². The van der Waals surface area contributed by atoms with E-state index in [0.29, 0.717) is 35.3 Å². The molecular formula is C34H35F3N8. The Morgan fingerprint density at radius 2 is 1.73 bits per heavy atom. The molecule has 0 atom stereocenters. The van der Waals surface area contributed by atoms with Crippen LogP contribution in [0.25, 0.3) is 33.8 Å². The first-order chi connectivity index (χ1) is 21.8. The summed E-state index contributed by atoms with van der Waals surface area (Å²) >= 11 is 0. The van der Waals surface area contributed by atoms with Crippen molar-refractivity contribution >= 4 is 16.9 Å². The number of benzene rings is 1. The first-order valence-corrected chi connectivity index (χ1v) is 15.8. The van der Waals surface area contributed by atoms with E-state index in [9.17, 15) is 13.2 Å². The van der Waals surface area contributed by atoms with Crippen LogP contribution in [0.1, 0.15) is 87.0 Å². The highest BCUT2D eigenvalue weighted by Crippen LogP contribution is 2.44. The van der Waals surface area contributed by atoms with Gasteiger partial charge in [0.25, 0.3) is 0 Å². The van der Waals surface area contributed by atoms with Crippen molar-refractivity contribution in [3.63, 3.8) is 0 Å². The lowest BCUT2D eigenvalue weighted by molar-refractivity contribution is -0.140.